The summed E-state index contributed by atoms with van der Waals surface area (Å²) in [7, 11) is 0. The Balaban J connectivity index is 1.99. The first-order chi connectivity index (χ1) is 10.0. The zero-order valence-corrected chi connectivity index (χ0v) is 11.5. The first-order valence-electron chi connectivity index (χ1n) is 6.19. The Bertz CT molecular complexity index is 845. The normalized spacial score (nSPS) is 11.0. The molecule has 0 aliphatic heterocycles. The van der Waals surface area contributed by atoms with Gasteiger partial charge < -0.3 is 10.1 Å². The maximum Gasteiger partial charge on any atom is 0.338 e. The summed E-state index contributed by atoms with van der Waals surface area (Å²) >= 11 is 5.92. The Hall–Kier alpha value is -2.40. The molecule has 106 valence electrons. The number of rotatable bonds is 3. The molecule has 21 heavy (non-hydrogen) atoms. The minimum absolute atomic E-state index is 0.386. The lowest BCUT2D eigenvalue weighted by molar-refractivity contribution is 0.0692. The first-order valence-corrected chi connectivity index (χ1v) is 6.56. The van der Waals surface area contributed by atoms with Crippen LogP contribution in [0, 0.1) is 5.82 Å². The van der Waals surface area contributed by atoms with Gasteiger partial charge in [-0.25, -0.2) is 14.2 Å². The molecule has 0 aliphatic carbocycles. The highest BCUT2D eigenvalue weighted by molar-refractivity contribution is 6.30. The van der Waals surface area contributed by atoms with E-state index >= 15 is 0 Å². The van der Waals surface area contributed by atoms with Crippen LogP contribution in [0.15, 0.2) is 36.4 Å². The lowest BCUT2D eigenvalue weighted by atomic mass is 10.1. The predicted octanol–water partition coefficient (Wildman–Crippen LogP) is 3.64. The molecule has 1 aromatic heterocycles. The highest BCUT2D eigenvalue weighted by atomic mass is 35.5. The Morgan fingerprint density at radius 1 is 1.33 bits per heavy atom. The Labute approximate surface area is 124 Å². The van der Waals surface area contributed by atoms with E-state index in [4.69, 9.17) is 16.7 Å². The second-order valence-corrected chi connectivity index (χ2v) is 5.08. The summed E-state index contributed by atoms with van der Waals surface area (Å²) in [5.41, 5.74) is 1.46. The number of aromatic carboxylic acids is 1. The Morgan fingerprint density at radius 3 is 2.86 bits per heavy atom. The van der Waals surface area contributed by atoms with Gasteiger partial charge in [-0.3, -0.25) is 0 Å². The Morgan fingerprint density at radius 2 is 2.14 bits per heavy atom. The molecule has 1 heterocycles. The minimum Gasteiger partial charge on any atom is -0.478 e. The van der Waals surface area contributed by atoms with Gasteiger partial charge in [-0.05, 0) is 23.8 Å². The van der Waals surface area contributed by atoms with Gasteiger partial charge in [0.1, 0.15) is 11.6 Å². The topological polar surface area (TPSA) is 66.0 Å². The maximum absolute atomic E-state index is 13.6. The lowest BCUT2D eigenvalue weighted by Gasteiger charge is -1.98. The predicted molar refractivity (Wildman–Crippen MR) is 77.3 cm³/mol. The third-order valence-corrected chi connectivity index (χ3v) is 3.35. The molecular weight excluding hydrogens is 295 g/mol. The number of aromatic nitrogens is 2. The van der Waals surface area contributed by atoms with Crippen LogP contribution in [0.5, 0.6) is 0 Å². The van der Waals surface area contributed by atoms with Crippen molar-refractivity contribution in [1.29, 1.82) is 0 Å². The molecule has 2 N–H and O–H groups in total. The SMILES string of the molecule is O=C(O)c1cc2nc(Cc3cccc(Cl)c3)[nH]c2cc1F. The van der Waals surface area contributed by atoms with Crippen molar-refractivity contribution in [1.82, 2.24) is 9.97 Å². The van der Waals surface area contributed by atoms with E-state index in [1.165, 1.54) is 6.07 Å². The number of imidazole rings is 1. The summed E-state index contributed by atoms with van der Waals surface area (Å²) in [5.74, 6) is -1.48. The zero-order valence-electron chi connectivity index (χ0n) is 10.7. The number of hydrogen-bond acceptors (Lipinski definition) is 2. The van der Waals surface area contributed by atoms with Crippen molar-refractivity contribution in [2.45, 2.75) is 6.42 Å². The quantitative estimate of drug-likeness (QED) is 0.776. The second-order valence-electron chi connectivity index (χ2n) is 4.64. The zero-order chi connectivity index (χ0) is 15.0. The van der Waals surface area contributed by atoms with Gasteiger partial charge >= 0.3 is 5.97 Å². The fourth-order valence-electron chi connectivity index (χ4n) is 2.17. The molecule has 0 aliphatic rings. The van der Waals surface area contributed by atoms with E-state index in [9.17, 15) is 9.18 Å². The van der Waals surface area contributed by atoms with Crippen LogP contribution in [0.2, 0.25) is 5.02 Å². The average Bonchev–Trinajstić information content (AvgIpc) is 2.78. The number of nitrogens with zero attached hydrogens (tertiary/aromatic N) is 1. The van der Waals surface area contributed by atoms with Crippen molar-refractivity contribution in [3.05, 3.63) is 64.2 Å². The number of benzene rings is 2. The largest absolute Gasteiger partial charge is 0.478 e. The van der Waals surface area contributed by atoms with Crippen molar-refractivity contribution in [2.24, 2.45) is 0 Å². The van der Waals surface area contributed by atoms with Gasteiger partial charge in [0.2, 0.25) is 0 Å². The number of halogens is 2. The molecule has 4 nitrogen and oxygen atoms in total. The smallest absolute Gasteiger partial charge is 0.338 e. The molecule has 0 amide bonds. The van der Waals surface area contributed by atoms with Gasteiger partial charge in [0.05, 0.1) is 16.6 Å². The summed E-state index contributed by atoms with van der Waals surface area (Å²) in [6.07, 6.45) is 0.499. The van der Waals surface area contributed by atoms with Gasteiger partial charge in [-0.2, -0.15) is 0 Å². The fraction of sp³-hybridized carbons (Fsp3) is 0.0667. The molecule has 0 saturated carbocycles. The van der Waals surface area contributed by atoms with Crippen LogP contribution in [0.1, 0.15) is 21.7 Å². The number of fused-ring (bicyclic) bond motifs is 1. The summed E-state index contributed by atoms with van der Waals surface area (Å²) in [6, 6.07) is 9.71. The molecule has 0 unspecified atom stereocenters. The van der Waals surface area contributed by atoms with Crippen LogP contribution in [-0.2, 0) is 6.42 Å². The Kier molecular flexibility index (Phi) is 3.35. The summed E-state index contributed by atoms with van der Waals surface area (Å²) < 4.78 is 13.6. The molecule has 0 fully saturated rings. The van der Waals surface area contributed by atoms with E-state index < -0.39 is 11.8 Å². The highest BCUT2D eigenvalue weighted by Crippen LogP contribution is 2.20. The number of carboxylic acid groups (broad SMARTS) is 1. The molecular formula is C15H10ClFN2O2. The third-order valence-electron chi connectivity index (χ3n) is 3.11. The van der Waals surface area contributed by atoms with E-state index in [-0.39, 0.29) is 5.56 Å². The highest BCUT2D eigenvalue weighted by Gasteiger charge is 2.14. The number of aromatic amines is 1. The summed E-state index contributed by atoms with van der Waals surface area (Å²) in [5, 5.41) is 9.53. The van der Waals surface area contributed by atoms with Gasteiger partial charge in [0, 0.05) is 17.5 Å². The lowest BCUT2D eigenvalue weighted by Crippen LogP contribution is -1.99. The van der Waals surface area contributed by atoms with Crippen LogP contribution in [0.3, 0.4) is 0 Å². The molecule has 0 atom stereocenters. The van der Waals surface area contributed by atoms with Crippen molar-refractivity contribution >= 4 is 28.6 Å². The van der Waals surface area contributed by atoms with E-state index in [0.29, 0.717) is 28.3 Å². The van der Waals surface area contributed by atoms with Crippen molar-refractivity contribution in [3.8, 4) is 0 Å². The molecule has 6 heteroatoms. The number of nitrogens with one attached hydrogen (secondary N) is 1. The van der Waals surface area contributed by atoms with Gasteiger partial charge in [-0.1, -0.05) is 23.7 Å². The van der Waals surface area contributed by atoms with Gasteiger partial charge in [-0.15, -0.1) is 0 Å². The average molecular weight is 305 g/mol. The standard InChI is InChI=1S/C15H10ClFN2O2/c16-9-3-1-2-8(4-9)5-14-18-12-6-10(15(20)21)11(17)7-13(12)19-14/h1-4,6-7H,5H2,(H,18,19)(H,20,21). The number of hydrogen-bond donors (Lipinski definition) is 2. The number of carboxylic acids is 1. The second kappa shape index (κ2) is 5.18. The van der Waals surface area contributed by atoms with Crippen LogP contribution in [-0.4, -0.2) is 21.0 Å². The molecule has 0 saturated heterocycles. The van der Waals surface area contributed by atoms with E-state index in [0.717, 1.165) is 11.6 Å². The monoisotopic (exact) mass is 304 g/mol. The van der Waals surface area contributed by atoms with Gasteiger partial charge in [0.15, 0.2) is 0 Å². The number of carbonyl (C=O) groups is 1. The van der Waals surface area contributed by atoms with Crippen molar-refractivity contribution < 1.29 is 14.3 Å². The summed E-state index contributed by atoms with van der Waals surface area (Å²) in [6.45, 7) is 0. The van der Waals surface area contributed by atoms with E-state index in [1.54, 1.807) is 6.07 Å². The molecule has 2 aromatic carbocycles. The third kappa shape index (κ3) is 2.73. The number of H-pyrrole nitrogens is 1. The summed E-state index contributed by atoms with van der Waals surface area (Å²) in [4.78, 5) is 18.2. The van der Waals surface area contributed by atoms with E-state index in [2.05, 4.69) is 9.97 Å². The molecule has 3 aromatic rings. The van der Waals surface area contributed by atoms with Crippen LogP contribution in [0.4, 0.5) is 4.39 Å². The molecule has 3 rings (SSSR count). The van der Waals surface area contributed by atoms with Crippen LogP contribution in [0.25, 0.3) is 11.0 Å². The first kappa shape index (κ1) is 13.6. The van der Waals surface area contributed by atoms with Gasteiger partial charge in [0.25, 0.3) is 0 Å². The van der Waals surface area contributed by atoms with Crippen LogP contribution >= 0.6 is 11.6 Å². The maximum atomic E-state index is 13.6. The van der Waals surface area contributed by atoms with Crippen molar-refractivity contribution in [3.63, 3.8) is 0 Å². The molecule has 0 bridgehead atoms. The fourth-order valence-corrected chi connectivity index (χ4v) is 2.38. The minimum atomic E-state index is -1.31. The van der Waals surface area contributed by atoms with E-state index in [1.807, 2.05) is 18.2 Å². The molecule has 0 spiro atoms. The van der Waals surface area contributed by atoms with Crippen molar-refractivity contribution in [2.75, 3.05) is 0 Å². The molecule has 0 radical (unpaired) electrons. The van der Waals surface area contributed by atoms with Crippen LogP contribution < -0.4 is 0 Å².